The smallest absolute Gasteiger partial charge is 0.131 e. The molecule has 0 saturated carbocycles. The molecule has 108 valence electrons. The lowest BCUT2D eigenvalue weighted by molar-refractivity contribution is 1.36. The third-order valence-corrected chi connectivity index (χ3v) is 6.08. The van der Waals surface area contributed by atoms with Crippen molar-refractivity contribution in [3.05, 3.63) is 77.9 Å². The predicted molar refractivity (Wildman–Crippen MR) is 100 cm³/mol. The van der Waals surface area contributed by atoms with E-state index in [1.54, 1.807) is 0 Å². The van der Waals surface area contributed by atoms with Gasteiger partial charge < -0.3 is 0 Å². The van der Waals surface area contributed by atoms with Gasteiger partial charge in [-0.15, -0.1) is 0 Å². The molecule has 0 N–H and O–H groups in total. The molecule has 3 aromatic carbocycles. The van der Waals surface area contributed by atoms with Gasteiger partial charge in [0.1, 0.15) is 4.38 Å². The molecule has 1 aliphatic rings. The summed E-state index contributed by atoms with van der Waals surface area (Å²) >= 11 is 3.69. The first-order valence-electron chi connectivity index (χ1n) is 7.29. The van der Waals surface area contributed by atoms with Gasteiger partial charge in [-0.25, -0.2) is 4.99 Å². The molecule has 0 fully saturated rings. The molecular formula is C19H15NS2. The minimum atomic E-state index is 0.968. The molecule has 0 saturated heterocycles. The van der Waals surface area contributed by atoms with Gasteiger partial charge in [0.05, 0.1) is 5.69 Å². The van der Waals surface area contributed by atoms with Crippen LogP contribution in [0.3, 0.4) is 0 Å². The molecule has 0 radical (unpaired) electrons. The molecule has 3 aromatic rings. The topological polar surface area (TPSA) is 12.4 Å². The minimum absolute atomic E-state index is 0.968. The van der Waals surface area contributed by atoms with Gasteiger partial charge >= 0.3 is 0 Å². The highest BCUT2D eigenvalue weighted by atomic mass is 32.2. The maximum absolute atomic E-state index is 4.78. The van der Waals surface area contributed by atoms with Gasteiger partial charge in [0.25, 0.3) is 0 Å². The third-order valence-electron chi connectivity index (χ3n) is 3.79. The number of hydrogen-bond donors (Lipinski definition) is 0. The van der Waals surface area contributed by atoms with E-state index >= 15 is 0 Å². The van der Waals surface area contributed by atoms with Crippen molar-refractivity contribution in [2.24, 2.45) is 4.99 Å². The summed E-state index contributed by atoms with van der Waals surface area (Å²) in [6.45, 7) is 0. The Hall–Kier alpha value is -1.71. The van der Waals surface area contributed by atoms with Crippen molar-refractivity contribution in [3.63, 3.8) is 0 Å². The standard InChI is InChI=1S/C19H15NS2/c1-3-10-17-14(6-1)8-5-9-15(17)12-21-19-20-18-11-4-2-7-16(18)13-22-19/h1-11H,12-13H2. The second-order valence-corrected chi connectivity index (χ2v) is 7.41. The molecule has 0 bridgehead atoms. The van der Waals surface area contributed by atoms with Crippen molar-refractivity contribution < 1.29 is 0 Å². The second kappa shape index (κ2) is 6.19. The summed E-state index contributed by atoms with van der Waals surface area (Å²) < 4.78 is 1.17. The lowest BCUT2D eigenvalue weighted by atomic mass is 10.1. The van der Waals surface area contributed by atoms with Crippen molar-refractivity contribution >= 4 is 44.4 Å². The van der Waals surface area contributed by atoms with Crippen molar-refractivity contribution in [3.8, 4) is 0 Å². The van der Waals surface area contributed by atoms with E-state index in [-0.39, 0.29) is 0 Å². The molecule has 3 heteroatoms. The molecular weight excluding hydrogens is 306 g/mol. The monoisotopic (exact) mass is 321 g/mol. The zero-order valence-electron chi connectivity index (χ0n) is 12.0. The summed E-state index contributed by atoms with van der Waals surface area (Å²) in [5.41, 5.74) is 3.84. The van der Waals surface area contributed by atoms with Crippen LogP contribution in [0.2, 0.25) is 0 Å². The fourth-order valence-corrected chi connectivity index (χ4v) is 4.71. The number of rotatable bonds is 2. The minimum Gasteiger partial charge on any atom is -0.235 e. The highest BCUT2D eigenvalue weighted by molar-refractivity contribution is 8.38. The van der Waals surface area contributed by atoms with E-state index < -0.39 is 0 Å². The average Bonchev–Trinajstić information content (AvgIpc) is 2.60. The Morgan fingerprint density at radius 3 is 2.73 bits per heavy atom. The van der Waals surface area contributed by atoms with Crippen LogP contribution in [0.5, 0.6) is 0 Å². The molecule has 0 spiro atoms. The van der Waals surface area contributed by atoms with Crippen molar-refractivity contribution in [1.29, 1.82) is 0 Å². The molecule has 0 atom stereocenters. The average molecular weight is 321 g/mol. The summed E-state index contributed by atoms with van der Waals surface area (Å²) in [7, 11) is 0. The molecule has 4 rings (SSSR count). The first kappa shape index (κ1) is 13.9. The summed E-state index contributed by atoms with van der Waals surface area (Å²) in [6.07, 6.45) is 0. The molecule has 0 unspecified atom stereocenters. The van der Waals surface area contributed by atoms with Gasteiger partial charge in [-0.05, 0) is 28.0 Å². The van der Waals surface area contributed by atoms with Crippen molar-refractivity contribution in [2.45, 2.75) is 11.5 Å². The van der Waals surface area contributed by atoms with Gasteiger partial charge in [-0.1, -0.05) is 84.2 Å². The van der Waals surface area contributed by atoms with E-state index in [0.29, 0.717) is 0 Å². The highest BCUT2D eigenvalue weighted by Crippen LogP contribution is 2.36. The zero-order valence-corrected chi connectivity index (χ0v) is 13.7. The van der Waals surface area contributed by atoms with Gasteiger partial charge in [0, 0.05) is 11.5 Å². The number of aliphatic imine (C=N–C) groups is 1. The largest absolute Gasteiger partial charge is 0.235 e. The number of benzene rings is 3. The fourth-order valence-electron chi connectivity index (χ4n) is 2.64. The normalized spacial score (nSPS) is 13.7. The fraction of sp³-hybridized carbons (Fsp3) is 0.105. The molecule has 0 aromatic heterocycles. The summed E-state index contributed by atoms with van der Waals surface area (Å²) in [5.74, 6) is 1.99. The zero-order chi connectivity index (χ0) is 14.8. The summed E-state index contributed by atoms with van der Waals surface area (Å²) in [5, 5.41) is 2.66. The Balaban J connectivity index is 1.57. The maximum atomic E-state index is 4.78. The highest BCUT2D eigenvalue weighted by Gasteiger charge is 2.13. The maximum Gasteiger partial charge on any atom is 0.131 e. The molecule has 1 heterocycles. The number of fused-ring (bicyclic) bond motifs is 2. The van der Waals surface area contributed by atoms with Crippen LogP contribution >= 0.6 is 23.5 Å². The van der Waals surface area contributed by atoms with Crippen LogP contribution in [-0.4, -0.2) is 4.38 Å². The summed E-state index contributed by atoms with van der Waals surface area (Å²) in [4.78, 5) is 4.78. The van der Waals surface area contributed by atoms with E-state index in [1.165, 1.54) is 26.3 Å². The van der Waals surface area contributed by atoms with E-state index in [9.17, 15) is 0 Å². The Morgan fingerprint density at radius 1 is 0.909 bits per heavy atom. The first-order valence-corrected chi connectivity index (χ1v) is 9.26. The number of hydrogen-bond acceptors (Lipinski definition) is 3. The quantitative estimate of drug-likeness (QED) is 0.573. The molecule has 1 nitrogen and oxygen atoms in total. The molecule has 22 heavy (non-hydrogen) atoms. The SMILES string of the molecule is c1ccc2c(c1)CSC(SCc1cccc3ccccc13)=N2. The Bertz CT molecular complexity index is 849. The lowest BCUT2D eigenvalue weighted by Crippen LogP contribution is -1.96. The summed E-state index contributed by atoms with van der Waals surface area (Å²) in [6, 6.07) is 23.5. The van der Waals surface area contributed by atoms with Crippen molar-refractivity contribution in [2.75, 3.05) is 0 Å². The third kappa shape index (κ3) is 2.79. The van der Waals surface area contributed by atoms with E-state index in [2.05, 4.69) is 66.7 Å². The van der Waals surface area contributed by atoms with Crippen LogP contribution in [0, 0.1) is 0 Å². The van der Waals surface area contributed by atoms with Crippen LogP contribution in [0.4, 0.5) is 5.69 Å². The molecule has 0 aliphatic carbocycles. The molecule has 1 aliphatic heterocycles. The lowest BCUT2D eigenvalue weighted by Gasteiger charge is -2.14. The van der Waals surface area contributed by atoms with Crippen LogP contribution < -0.4 is 0 Å². The van der Waals surface area contributed by atoms with Gasteiger partial charge in [0.15, 0.2) is 0 Å². The Kier molecular flexibility index (Phi) is 3.92. The van der Waals surface area contributed by atoms with Crippen LogP contribution in [0.1, 0.15) is 11.1 Å². The Labute approximate surface area is 138 Å². The number of thioether (sulfide) groups is 2. The van der Waals surface area contributed by atoms with Gasteiger partial charge in [0.2, 0.25) is 0 Å². The van der Waals surface area contributed by atoms with E-state index in [1.807, 2.05) is 23.5 Å². The van der Waals surface area contributed by atoms with Crippen LogP contribution in [-0.2, 0) is 11.5 Å². The molecule has 0 amide bonds. The van der Waals surface area contributed by atoms with E-state index in [4.69, 9.17) is 4.99 Å². The van der Waals surface area contributed by atoms with Crippen LogP contribution in [0.15, 0.2) is 71.7 Å². The first-order chi connectivity index (χ1) is 10.9. The predicted octanol–water partition coefficient (Wildman–Crippen LogP) is 6.01. The Morgan fingerprint density at radius 2 is 1.73 bits per heavy atom. The van der Waals surface area contributed by atoms with Gasteiger partial charge in [-0.3, -0.25) is 0 Å². The number of para-hydroxylation sites is 1. The second-order valence-electron chi connectivity index (χ2n) is 5.22. The number of nitrogens with zero attached hydrogens (tertiary/aromatic N) is 1. The van der Waals surface area contributed by atoms with Gasteiger partial charge in [-0.2, -0.15) is 0 Å². The van der Waals surface area contributed by atoms with E-state index in [0.717, 1.165) is 17.2 Å². The van der Waals surface area contributed by atoms with Crippen LogP contribution in [0.25, 0.3) is 10.8 Å². The van der Waals surface area contributed by atoms with Crippen molar-refractivity contribution in [1.82, 2.24) is 0 Å².